The topological polar surface area (TPSA) is 62.5 Å². The number of amides is 1. The van der Waals surface area contributed by atoms with Crippen LogP contribution >= 0.6 is 0 Å². The third-order valence-corrected chi connectivity index (χ3v) is 5.10. The predicted molar refractivity (Wildman–Crippen MR) is 88.0 cm³/mol. The summed E-state index contributed by atoms with van der Waals surface area (Å²) in [6.07, 6.45) is -1.65. The van der Waals surface area contributed by atoms with Gasteiger partial charge in [0, 0.05) is 32.1 Å². The minimum atomic E-state index is -4.44. The van der Waals surface area contributed by atoms with Crippen LogP contribution in [0.3, 0.4) is 0 Å². The third-order valence-electron chi connectivity index (χ3n) is 5.10. The molecule has 0 saturated carbocycles. The highest BCUT2D eigenvalue weighted by Crippen LogP contribution is 2.34. The van der Waals surface area contributed by atoms with Gasteiger partial charge in [-0.1, -0.05) is 6.07 Å². The molecule has 2 N–H and O–H groups in total. The Morgan fingerprint density at radius 3 is 2.80 bits per heavy atom. The first kappa shape index (κ1) is 18.0. The van der Waals surface area contributed by atoms with E-state index in [0.717, 1.165) is 25.3 Å². The van der Waals surface area contributed by atoms with Crippen LogP contribution in [0.4, 0.5) is 19.0 Å². The summed E-state index contributed by atoms with van der Waals surface area (Å²) in [5, 5.41) is 0. The molecule has 1 aromatic rings. The molecule has 8 heteroatoms. The number of halogens is 3. The van der Waals surface area contributed by atoms with E-state index in [1.807, 2.05) is 9.80 Å². The number of carbonyl (C=O) groups is 1. The van der Waals surface area contributed by atoms with Crippen LogP contribution < -0.4 is 10.6 Å². The third kappa shape index (κ3) is 3.89. The second-order valence-corrected chi connectivity index (χ2v) is 6.71. The Balaban J connectivity index is 1.72. The van der Waals surface area contributed by atoms with Crippen molar-refractivity contribution in [2.75, 3.05) is 31.1 Å². The van der Waals surface area contributed by atoms with Crippen molar-refractivity contribution in [3.05, 3.63) is 23.9 Å². The molecule has 25 heavy (non-hydrogen) atoms. The number of piperidine rings is 2. The number of pyridine rings is 1. The zero-order chi connectivity index (χ0) is 18.0. The van der Waals surface area contributed by atoms with Crippen LogP contribution in [0, 0.1) is 5.92 Å². The van der Waals surface area contributed by atoms with Gasteiger partial charge in [-0.15, -0.1) is 0 Å². The highest BCUT2D eigenvalue weighted by atomic mass is 19.4. The van der Waals surface area contributed by atoms with Crippen molar-refractivity contribution in [1.29, 1.82) is 0 Å². The SMILES string of the molecule is NCCCN1C(=O)CC[C@H]2CN(c3cccc(C(F)(F)F)n3)CC[C@H]21. The van der Waals surface area contributed by atoms with E-state index in [1.54, 1.807) is 6.07 Å². The van der Waals surface area contributed by atoms with Crippen LogP contribution in [-0.2, 0) is 11.0 Å². The molecule has 0 aliphatic carbocycles. The Hall–Kier alpha value is -1.83. The first-order chi connectivity index (χ1) is 11.9. The standard InChI is InChI=1S/C17H23F3N4O/c18-17(19,20)14-3-1-4-15(22-14)23-10-7-13-12(11-23)5-6-16(25)24(13)9-2-8-21/h1,3-4,12-13H,2,5-11,21H2/t12-,13+/m0/s1. The largest absolute Gasteiger partial charge is 0.433 e. The molecule has 5 nitrogen and oxygen atoms in total. The number of alkyl halides is 3. The molecule has 2 saturated heterocycles. The minimum absolute atomic E-state index is 0.162. The molecule has 138 valence electrons. The van der Waals surface area contributed by atoms with Crippen molar-refractivity contribution in [1.82, 2.24) is 9.88 Å². The monoisotopic (exact) mass is 356 g/mol. The summed E-state index contributed by atoms with van der Waals surface area (Å²) in [4.78, 5) is 19.8. The molecule has 1 amide bonds. The number of carbonyl (C=O) groups excluding carboxylic acids is 1. The van der Waals surface area contributed by atoms with E-state index in [-0.39, 0.29) is 17.9 Å². The molecule has 0 aromatic carbocycles. The lowest BCUT2D eigenvalue weighted by molar-refractivity contribution is -0.141. The Kier molecular flexibility index (Phi) is 5.17. The maximum absolute atomic E-state index is 12.9. The van der Waals surface area contributed by atoms with E-state index >= 15 is 0 Å². The Bertz CT molecular complexity index is 622. The Morgan fingerprint density at radius 2 is 2.08 bits per heavy atom. The molecule has 3 heterocycles. The van der Waals surface area contributed by atoms with Crippen molar-refractivity contribution in [2.45, 2.75) is 37.9 Å². The second-order valence-electron chi connectivity index (χ2n) is 6.71. The maximum Gasteiger partial charge on any atom is 0.433 e. The summed E-state index contributed by atoms with van der Waals surface area (Å²) in [5.74, 6) is 0.791. The van der Waals surface area contributed by atoms with Gasteiger partial charge in [-0.2, -0.15) is 13.2 Å². The van der Waals surface area contributed by atoms with Gasteiger partial charge in [0.1, 0.15) is 11.5 Å². The number of nitrogens with two attached hydrogens (primary N) is 1. The molecular weight excluding hydrogens is 333 g/mol. The summed E-state index contributed by atoms with van der Waals surface area (Å²) in [6.45, 7) is 2.44. The van der Waals surface area contributed by atoms with Crippen LogP contribution in [0.1, 0.15) is 31.4 Å². The molecule has 3 rings (SSSR count). The lowest BCUT2D eigenvalue weighted by Gasteiger charge is -2.47. The van der Waals surface area contributed by atoms with Crippen molar-refractivity contribution >= 4 is 11.7 Å². The van der Waals surface area contributed by atoms with Gasteiger partial charge in [0.15, 0.2) is 0 Å². The predicted octanol–water partition coefficient (Wildman–Crippen LogP) is 2.27. The number of nitrogens with zero attached hydrogens (tertiary/aromatic N) is 3. The Labute approximate surface area is 145 Å². The molecule has 0 radical (unpaired) electrons. The number of likely N-dealkylation sites (tertiary alicyclic amines) is 1. The van der Waals surface area contributed by atoms with Crippen molar-refractivity contribution < 1.29 is 18.0 Å². The molecule has 1 aromatic heterocycles. The molecular formula is C17H23F3N4O. The molecule has 2 atom stereocenters. The average molecular weight is 356 g/mol. The van der Waals surface area contributed by atoms with Crippen LogP contribution in [0.2, 0.25) is 0 Å². The summed E-state index contributed by atoms with van der Waals surface area (Å²) in [5.41, 5.74) is 4.69. The van der Waals surface area contributed by atoms with Crippen molar-refractivity contribution in [2.24, 2.45) is 11.7 Å². The number of anilines is 1. The summed E-state index contributed by atoms with van der Waals surface area (Å²) < 4.78 is 38.6. The van der Waals surface area contributed by atoms with Gasteiger partial charge in [-0.05, 0) is 43.9 Å². The second kappa shape index (κ2) is 7.19. The quantitative estimate of drug-likeness (QED) is 0.899. The van der Waals surface area contributed by atoms with Gasteiger partial charge in [0.25, 0.3) is 0 Å². The fraction of sp³-hybridized carbons (Fsp3) is 0.647. The lowest BCUT2D eigenvalue weighted by atomic mass is 9.83. The van der Waals surface area contributed by atoms with Crippen LogP contribution in [0.5, 0.6) is 0 Å². The number of hydrogen-bond donors (Lipinski definition) is 1. The highest BCUT2D eigenvalue weighted by Gasteiger charge is 2.39. The van der Waals surface area contributed by atoms with E-state index in [9.17, 15) is 18.0 Å². The molecule has 0 unspecified atom stereocenters. The number of hydrogen-bond acceptors (Lipinski definition) is 4. The molecule has 0 spiro atoms. The summed E-state index contributed by atoms with van der Waals surface area (Å²) in [7, 11) is 0. The van der Waals surface area contributed by atoms with Gasteiger partial charge in [-0.25, -0.2) is 4.98 Å². The van der Waals surface area contributed by atoms with Crippen molar-refractivity contribution in [3.8, 4) is 0 Å². The Morgan fingerprint density at radius 1 is 1.28 bits per heavy atom. The van der Waals surface area contributed by atoms with E-state index in [0.29, 0.717) is 38.4 Å². The first-order valence-corrected chi connectivity index (χ1v) is 8.69. The summed E-state index contributed by atoms with van der Waals surface area (Å²) in [6, 6.07) is 4.17. The number of rotatable bonds is 4. The molecule has 2 aliphatic rings. The fourth-order valence-electron chi connectivity index (χ4n) is 3.87. The molecule has 2 aliphatic heterocycles. The first-order valence-electron chi connectivity index (χ1n) is 8.69. The van der Waals surface area contributed by atoms with E-state index < -0.39 is 11.9 Å². The van der Waals surface area contributed by atoms with Gasteiger partial charge in [0.2, 0.25) is 5.91 Å². The maximum atomic E-state index is 12.9. The van der Waals surface area contributed by atoms with Gasteiger partial charge >= 0.3 is 6.18 Å². The van der Waals surface area contributed by atoms with E-state index in [4.69, 9.17) is 5.73 Å². The smallest absolute Gasteiger partial charge is 0.356 e. The van der Waals surface area contributed by atoms with E-state index in [2.05, 4.69) is 4.98 Å². The summed E-state index contributed by atoms with van der Waals surface area (Å²) >= 11 is 0. The minimum Gasteiger partial charge on any atom is -0.356 e. The van der Waals surface area contributed by atoms with Crippen LogP contribution in [-0.4, -0.2) is 48.0 Å². The van der Waals surface area contributed by atoms with Crippen molar-refractivity contribution in [3.63, 3.8) is 0 Å². The zero-order valence-electron chi connectivity index (χ0n) is 14.0. The van der Waals surface area contributed by atoms with E-state index in [1.165, 1.54) is 6.07 Å². The molecule has 0 bridgehead atoms. The molecule has 2 fully saturated rings. The fourth-order valence-corrected chi connectivity index (χ4v) is 3.87. The van der Waals surface area contributed by atoms with Gasteiger partial charge < -0.3 is 15.5 Å². The lowest BCUT2D eigenvalue weighted by Crippen LogP contribution is -2.56. The number of fused-ring (bicyclic) bond motifs is 1. The van der Waals surface area contributed by atoms with Crippen LogP contribution in [0.15, 0.2) is 18.2 Å². The average Bonchev–Trinajstić information content (AvgIpc) is 2.60. The highest BCUT2D eigenvalue weighted by molar-refractivity contribution is 5.77. The zero-order valence-corrected chi connectivity index (χ0v) is 14.0. The van der Waals surface area contributed by atoms with Gasteiger partial charge in [0.05, 0.1) is 0 Å². The normalized spacial score (nSPS) is 24.4. The van der Waals surface area contributed by atoms with Gasteiger partial charge in [-0.3, -0.25) is 4.79 Å². The van der Waals surface area contributed by atoms with Crippen LogP contribution in [0.25, 0.3) is 0 Å². The number of aromatic nitrogens is 1.